The molecule has 0 saturated carbocycles. The predicted molar refractivity (Wildman–Crippen MR) is 89.3 cm³/mol. The van der Waals surface area contributed by atoms with Crippen molar-refractivity contribution in [1.82, 2.24) is 0 Å². The Bertz CT molecular complexity index is 880. The predicted octanol–water partition coefficient (Wildman–Crippen LogP) is 4.49. The van der Waals surface area contributed by atoms with E-state index < -0.39 is 0 Å². The summed E-state index contributed by atoms with van der Waals surface area (Å²) in [6.07, 6.45) is 0.959. The highest BCUT2D eigenvalue weighted by atomic mass is 16.5. The third-order valence-corrected chi connectivity index (χ3v) is 4.25. The van der Waals surface area contributed by atoms with Crippen molar-refractivity contribution in [3.8, 4) is 17.2 Å². The van der Waals surface area contributed by atoms with Crippen LogP contribution >= 0.6 is 0 Å². The van der Waals surface area contributed by atoms with Gasteiger partial charge in [-0.2, -0.15) is 0 Å². The third-order valence-electron chi connectivity index (χ3n) is 4.25. The van der Waals surface area contributed by atoms with Crippen molar-refractivity contribution in [2.45, 2.75) is 26.3 Å². The van der Waals surface area contributed by atoms with Gasteiger partial charge in [-0.15, -0.1) is 0 Å². The van der Waals surface area contributed by atoms with Gasteiger partial charge in [0.05, 0.1) is 6.61 Å². The molecule has 1 unspecified atom stereocenters. The monoisotopic (exact) mass is 309 g/mol. The van der Waals surface area contributed by atoms with Crippen LogP contribution in [0, 0.1) is 6.92 Å². The molecule has 23 heavy (non-hydrogen) atoms. The normalized spacial score (nSPS) is 14.6. The molecule has 0 amide bonds. The summed E-state index contributed by atoms with van der Waals surface area (Å²) in [4.78, 5) is 0. The number of para-hydroxylation sites is 1. The first-order valence-electron chi connectivity index (χ1n) is 7.84. The number of aryl methyl sites for hydroxylation is 1. The molecule has 2 heterocycles. The number of rotatable bonds is 3. The van der Waals surface area contributed by atoms with Gasteiger partial charge in [-0.3, -0.25) is 0 Å². The van der Waals surface area contributed by atoms with Crippen molar-refractivity contribution >= 4 is 11.0 Å². The van der Waals surface area contributed by atoms with Crippen molar-refractivity contribution in [3.05, 3.63) is 53.3 Å². The van der Waals surface area contributed by atoms with E-state index in [1.54, 1.807) is 0 Å². The summed E-state index contributed by atoms with van der Waals surface area (Å²) in [5.41, 5.74) is 9.06. The summed E-state index contributed by atoms with van der Waals surface area (Å²) in [6.45, 7) is 4.64. The fourth-order valence-corrected chi connectivity index (χ4v) is 3.21. The second kappa shape index (κ2) is 5.32. The lowest BCUT2D eigenvalue weighted by Gasteiger charge is -2.08. The van der Waals surface area contributed by atoms with Crippen LogP contribution in [0.3, 0.4) is 0 Å². The largest absolute Gasteiger partial charge is 0.493 e. The maximum absolute atomic E-state index is 6.07. The molecule has 3 aromatic rings. The van der Waals surface area contributed by atoms with Crippen molar-refractivity contribution in [1.29, 1.82) is 0 Å². The Labute approximate surface area is 134 Å². The van der Waals surface area contributed by atoms with Crippen LogP contribution < -0.4 is 15.2 Å². The molecular weight excluding hydrogens is 290 g/mol. The number of ether oxygens (including phenoxy) is 2. The summed E-state index contributed by atoms with van der Waals surface area (Å²) in [5.74, 6) is 3.18. The fourth-order valence-electron chi connectivity index (χ4n) is 3.21. The van der Waals surface area contributed by atoms with Gasteiger partial charge in [-0.05, 0) is 31.5 Å². The molecule has 0 spiro atoms. The number of hydrogen-bond donors (Lipinski definition) is 1. The molecule has 0 fully saturated rings. The number of hydrogen-bond acceptors (Lipinski definition) is 4. The first kappa shape index (κ1) is 14.2. The van der Waals surface area contributed by atoms with Crippen LogP contribution in [0.15, 0.2) is 40.8 Å². The summed E-state index contributed by atoms with van der Waals surface area (Å²) < 4.78 is 17.6. The Morgan fingerprint density at radius 1 is 1.22 bits per heavy atom. The van der Waals surface area contributed by atoms with E-state index in [4.69, 9.17) is 19.6 Å². The van der Waals surface area contributed by atoms with Gasteiger partial charge in [0.25, 0.3) is 0 Å². The molecular formula is C19H19NO3. The SMILES string of the molecule is Cc1oc2c(Oc3ccc4c(c3)OCC4)cccc2c1C(C)N. The van der Waals surface area contributed by atoms with Gasteiger partial charge in [0.1, 0.15) is 17.3 Å². The van der Waals surface area contributed by atoms with Crippen LogP contribution in [0.4, 0.5) is 0 Å². The highest BCUT2D eigenvalue weighted by Crippen LogP contribution is 2.38. The van der Waals surface area contributed by atoms with E-state index in [1.807, 2.05) is 44.2 Å². The maximum atomic E-state index is 6.07. The second-order valence-corrected chi connectivity index (χ2v) is 5.96. The van der Waals surface area contributed by atoms with Crippen LogP contribution in [0.25, 0.3) is 11.0 Å². The number of fused-ring (bicyclic) bond motifs is 2. The standard InChI is InChI=1S/C19H19NO3/c1-11(20)18-12(2)22-19-15(18)4-3-5-16(19)23-14-7-6-13-8-9-21-17(13)10-14/h3-7,10-11H,8-9,20H2,1-2H3. The average Bonchev–Trinajstić information content (AvgIpc) is 3.10. The lowest BCUT2D eigenvalue weighted by molar-refractivity contribution is 0.355. The minimum absolute atomic E-state index is 0.0834. The van der Waals surface area contributed by atoms with E-state index in [2.05, 4.69) is 6.07 Å². The van der Waals surface area contributed by atoms with Gasteiger partial charge in [-0.25, -0.2) is 0 Å². The van der Waals surface area contributed by atoms with Gasteiger partial charge in [0.15, 0.2) is 11.3 Å². The maximum Gasteiger partial charge on any atom is 0.177 e. The molecule has 0 aliphatic carbocycles. The summed E-state index contributed by atoms with van der Waals surface area (Å²) >= 11 is 0. The zero-order chi connectivity index (χ0) is 16.0. The first-order chi connectivity index (χ1) is 11.1. The minimum atomic E-state index is -0.0834. The van der Waals surface area contributed by atoms with Crippen LogP contribution in [-0.2, 0) is 6.42 Å². The Hall–Kier alpha value is -2.46. The number of benzene rings is 2. The molecule has 1 aliphatic heterocycles. The van der Waals surface area contributed by atoms with Gasteiger partial charge in [0, 0.05) is 29.5 Å². The molecule has 4 nitrogen and oxygen atoms in total. The van der Waals surface area contributed by atoms with Crippen LogP contribution in [0.1, 0.15) is 29.9 Å². The van der Waals surface area contributed by atoms with Gasteiger partial charge < -0.3 is 19.6 Å². The lowest BCUT2D eigenvalue weighted by atomic mass is 10.1. The number of nitrogens with two attached hydrogens (primary N) is 1. The molecule has 0 radical (unpaired) electrons. The topological polar surface area (TPSA) is 57.6 Å². The van der Waals surface area contributed by atoms with Crippen LogP contribution in [0.2, 0.25) is 0 Å². The van der Waals surface area contributed by atoms with Crippen molar-refractivity contribution in [2.24, 2.45) is 5.73 Å². The van der Waals surface area contributed by atoms with Crippen molar-refractivity contribution < 1.29 is 13.9 Å². The van der Waals surface area contributed by atoms with E-state index in [9.17, 15) is 0 Å². The number of furan rings is 1. The average molecular weight is 309 g/mol. The zero-order valence-corrected chi connectivity index (χ0v) is 13.3. The second-order valence-electron chi connectivity index (χ2n) is 5.96. The first-order valence-corrected chi connectivity index (χ1v) is 7.84. The van der Waals surface area contributed by atoms with E-state index in [-0.39, 0.29) is 6.04 Å². The van der Waals surface area contributed by atoms with Crippen LogP contribution in [0.5, 0.6) is 17.2 Å². The third kappa shape index (κ3) is 2.35. The van der Waals surface area contributed by atoms with E-state index in [1.165, 1.54) is 5.56 Å². The van der Waals surface area contributed by atoms with E-state index in [0.29, 0.717) is 5.75 Å². The van der Waals surface area contributed by atoms with E-state index >= 15 is 0 Å². The zero-order valence-electron chi connectivity index (χ0n) is 13.3. The Balaban J connectivity index is 1.76. The molecule has 4 rings (SSSR count). The summed E-state index contributed by atoms with van der Waals surface area (Å²) in [7, 11) is 0. The highest BCUT2D eigenvalue weighted by Gasteiger charge is 2.18. The summed E-state index contributed by atoms with van der Waals surface area (Å²) in [6, 6.07) is 11.8. The molecule has 1 atom stereocenters. The molecule has 1 aromatic heterocycles. The highest BCUT2D eigenvalue weighted by molar-refractivity contribution is 5.88. The Morgan fingerprint density at radius 2 is 2.09 bits per heavy atom. The molecule has 1 aliphatic rings. The van der Waals surface area contributed by atoms with Crippen LogP contribution in [-0.4, -0.2) is 6.61 Å². The Kier molecular flexibility index (Phi) is 3.27. The molecule has 2 aromatic carbocycles. The molecule has 0 saturated heterocycles. The van der Waals surface area contributed by atoms with Crippen molar-refractivity contribution in [2.75, 3.05) is 6.61 Å². The summed E-state index contributed by atoms with van der Waals surface area (Å²) in [5, 5.41) is 1.01. The smallest absolute Gasteiger partial charge is 0.177 e. The molecule has 0 bridgehead atoms. The Morgan fingerprint density at radius 3 is 2.91 bits per heavy atom. The van der Waals surface area contributed by atoms with E-state index in [0.717, 1.165) is 46.8 Å². The van der Waals surface area contributed by atoms with Gasteiger partial charge in [-0.1, -0.05) is 18.2 Å². The molecule has 118 valence electrons. The minimum Gasteiger partial charge on any atom is -0.493 e. The quantitative estimate of drug-likeness (QED) is 0.774. The molecule has 4 heteroatoms. The van der Waals surface area contributed by atoms with Gasteiger partial charge in [0.2, 0.25) is 0 Å². The van der Waals surface area contributed by atoms with Crippen molar-refractivity contribution in [3.63, 3.8) is 0 Å². The lowest BCUT2D eigenvalue weighted by Crippen LogP contribution is -2.05. The van der Waals surface area contributed by atoms with Gasteiger partial charge >= 0.3 is 0 Å². The fraction of sp³-hybridized carbons (Fsp3) is 0.263. The molecule has 2 N–H and O–H groups in total.